The van der Waals surface area contributed by atoms with Crippen LogP contribution in [-0.4, -0.2) is 26.9 Å². The van der Waals surface area contributed by atoms with Crippen molar-refractivity contribution < 1.29 is 4.79 Å². The lowest BCUT2D eigenvalue weighted by Gasteiger charge is -2.11. The van der Waals surface area contributed by atoms with E-state index in [0.717, 1.165) is 46.5 Å². The highest BCUT2D eigenvalue weighted by molar-refractivity contribution is 6.15. The van der Waals surface area contributed by atoms with Crippen LogP contribution in [0.4, 0.5) is 11.4 Å². The van der Waals surface area contributed by atoms with Gasteiger partial charge in [0, 0.05) is 43.7 Å². The molecule has 1 fully saturated rings. The molecule has 0 unspecified atom stereocenters. The number of Topliss-reactive ketones (excluding diaryl/α,β-unsaturated/α-hetero) is 1. The largest absolute Gasteiger partial charge is 0.388 e. The van der Waals surface area contributed by atoms with Crippen molar-refractivity contribution in [3.8, 4) is 0 Å². The summed E-state index contributed by atoms with van der Waals surface area (Å²) in [5.41, 5.74) is 6.11. The summed E-state index contributed by atoms with van der Waals surface area (Å²) in [5.74, 6) is 0.169. The van der Waals surface area contributed by atoms with E-state index in [-0.39, 0.29) is 5.78 Å². The van der Waals surface area contributed by atoms with Crippen molar-refractivity contribution in [2.24, 2.45) is 0 Å². The van der Waals surface area contributed by atoms with E-state index in [9.17, 15) is 4.79 Å². The zero-order valence-corrected chi connectivity index (χ0v) is 15.0. The lowest BCUT2D eigenvalue weighted by atomic mass is 10.1. The van der Waals surface area contributed by atoms with E-state index in [4.69, 9.17) is 0 Å². The second-order valence-electron chi connectivity index (χ2n) is 6.49. The molecule has 1 saturated carbocycles. The lowest BCUT2D eigenvalue weighted by Crippen LogP contribution is -2.07. The van der Waals surface area contributed by atoms with Gasteiger partial charge in [-0.1, -0.05) is 30.3 Å². The molecule has 0 aliphatic heterocycles. The van der Waals surface area contributed by atoms with Gasteiger partial charge in [-0.2, -0.15) is 0 Å². The van der Waals surface area contributed by atoms with Gasteiger partial charge in [0.25, 0.3) is 0 Å². The highest BCUT2D eigenvalue weighted by atomic mass is 16.1. The zero-order chi connectivity index (χ0) is 17.8. The summed E-state index contributed by atoms with van der Waals surface area (Å²) in [6.07, 6.45) is 5.65. The van der Waals surface area contributed by atoms with Gasteiger partial charge in [0.2, 0.25) is 0 Å². The molecule has 0 aromatic heterocycles. The number of carbonyl (C=O) groups excluding carboxylic acids is 1. The number of nitrogens with one attached hydrogen (secondary N) is 1. The maximum Gasteiger partial charge on any atom is 0.185 e. The molecule has 128 valence electrons. The van der Waals surface area contributed by atoms with Crippen molar-refractivity contribution in [1.82, 2.24) is 0 Å². The Morgan fingerprint density at radius 3 is 2.20 bits per heavy atom. The number of para-hydroxylation sites is 1. The number of rotatable bonds is 4. The highest BCUT2D eigenvalue weighted by Crippen LogP contribution is 2.31. The fraction of sp³-hybridized carbons (Fsp3) is 0.227. The third-order valence-electron chi connectivity index (χ3n) is 4.56. The van der Waals surface area contributed by atoms with Crippen LogP contribution >= 0.6 is 0 Å². The van der Waals surface area contributed by atoms with Crippen molar-refractivity contribution in [3.05, 3.63) is 70.8 Å². The summed E-state index contributed by atoms with van der Waals surface area (Å²) in [4.78, 5) is 14.8. The van der Waals surface area contributed by atoms with Crippen molar-refractivity contribution in [2.75, 3.05) is 31.4 Å². The Balaban J connectivity index is 1.82. The van der Waals surface area contributed by atoms with Crippen molar-refractivity contribution >= 4 is 29.3 Å². The summed E-state index contributed by atoms with van der Waals surface area (Å²) < 4.78 is 0. The van der Waals surface area contributed by atoms with Crippen LogP contribution in [0.1, 0.15) is 24.0 Å². The van der Waals surface area contributed by atoms with Crippen LogP contribution in [0, 0.1) is 0 Å². The quantitative estimate of drug-likeness (QED) is 0.829. The molecule has 25 heavy (non-hydrogen) atoms. The van der Waals surface area contributed by atoms with Gasteiger partial charge in [-0.3, -0.25) is 4.79 Å². The Morgan fingerprint density at radius 2 is 1.56 bits per heavy atom. The molecule has 0 saturated heterocycles. The number of anilines is 2. The van der Waals surface area contributed by atoms with E-state index in [1.54, 1.807) is 0 Å². The fourth-order valence-corrected chi connectivity index (χ4v) is 3.09. The Morgan fingerprint density at radius 1 is 0.920 bits per heavy atom. The first-order valence-corrected chi connectivity index (χ1v) is 8.58. The molecule has 1 N–H and O–H groups in total. The molecule has 0 heterocycles. The predicted octanol–water partition coefficient (Wildman–Crippen LogP) is 4.62. The topological polar surface area (TPSA) is 32.3 Å². The SMILES string of the molecule is CNc1ccccc1C=C1CCC(=Cc2ccc(N(C)C)cc2)C1=O. The van der Waals surface area contributed by atoms with E-state index < -0.39 is 0 Å². The molecule has 0 bridgehead atoms. The first kappa shape index (κ1) is 17.0. The van der Waals surface area contributed by atoms with Gasteiger partial charge in [0.05, 0.1) is 0 Å². The van der Waals surface area contributed by atoms with E-state index in [0.29, 0.717) is 0 Å². The first-order valence-electron chi connectivity index (χ1n) is 8.58. The molecule has 0 amide bonds. The average Bonchev–Trinajstić information content (AvgIpc) is 2.96. The van der Waals surface area contributed by atoms with Gasteiger partial charge >= 0.3 is 0 Å². The summed E-state index contributed by atoms with van der Waals surface area (Å²) in [7, 11) is 5.94. The maximum atomic E-state index is 12.7. The van der Waals surface area contributed by atoms with Crippen LogP contribution in [0.3, 0.4) is 0 Å². The van der Waals surface area contributed by atoms with Crippen LogP contribution < -0.4 is 10.2 Å². The van der Waals surface area contributed by atoms with Crippen molar-refractivity contribution in [2.45, 2.75) is 12.8 Å². The molecular weight excluding hydrogens is 308 g/mol. The first-order chi connectivity index (χ1) is 12.1. The number of benzene rings is 2. The number of hydrogen-bond donors (Lipinski definition) is 1. The molecule has 1 aliphatic rings. The minimum atomic E-state index is 0.169. The van der Waals surface area contributed by atoms with Gasteiger partial charge in [-0.15, -0.1) is 0 Å². The van der Waals surface area contributed by atoms with Gasteiger partial charge in [0.15, 0.2) is 5.78 Å². The molecule has 2 aromatic rings. The van der Waals surface area contributed by atoms with Crippen LogP contribution in [0.5, 0.6) is 0 Å². The van der Waals surface area contributed by atoms with Gasteiger partial charge in [-0.25, -0.2) is 0 Å². The van der Waals surface area contributed by atoms with Crippen molar-refractivity contribution in [3.63, 3.8) is 0 Å². The highest BCUT2D eigenvalue weighted by Gasteiger charge is 2.23. The minimum Gasteiger partial charge on any atom is -0.388 e. The molecule has 0 atom stereocenters. The summed E-state index contributed by atoms with van der Waals surface area (Å²) in [6.45, 7) is 0. The molecule has 0 spiro atoms. The summed E-state index contributed by atoms with van der Waals surface area (Å²) in [5, 5.41) is 3.18. The van der Waals surface area contributed by atoms with E-state index in [2.05, 4.69) is 34.5 Å². The fourth-order valence-electron chi connectivity index (χ4n) is 3.09. The Bertz CT molecular complexity index is 829. The number of hydrogen-bond acceptors (Lipinski definition) is 3. The summed E-state index contributed by atoms with van der Waals surface area (Å²) >= 11 is 0. The summed E-state index contributed by atoms with van der Waals surface area (Å²) in [6, 6.07) is 16.3. The molecule has 3 rings (SSSR count). The van der Waals surface area contributed by atoms with Gasteiger partial charge in [0.1, 0.15) is 0 Å². The lowest BCUT2D eigenvalue weighted by molar-refractivity contribution is -0.111. The Kier molecular flexibility index (Phi) is 5.03. The molecule has 3 heteroatoms. The third-order valence-corrected chi connectivity index (χ3v) is 4.56. The molecule has 1 aliphatic carbocycles. The monoisotopic (exact) mass is 332 g/mol. The second-order valence-corrected chi connectivity index (χ2v) is 6.49. The minimum absolute atomic E-state index is 0.169. The maximum absolute atomic E-state index is 12.7. The van der Waals surface area contributed by atoms with Crippen LogP contribution in [0.2, 0.25) is 0 Å². The van der Waals surface area contributed by atoms with E-state index >= 15 is 0 Å². The van der Waals surface area contributed by atoms with Crippen LogP contribution in [0.15, 0.2) is 59.7 Å². The Hall–Kier alpha value is -2.81. The van der Waals surface area contributed by atoms with Gasteiger partial charge < -0.3 is 10.2 Å². The van der Waals surface area contributed by atoms with Crippen molar-refractivity contribution in [1.29, 1.82) is 0 Å². The van der Waals surface area contributed by atoms with E-state index in [1.807, 2.05) is 57.6 Å². The standard InChI is InChI=1S/C22H24N2O/c1-23-21-7-5-4-6-17(21)15-19-11-10-18(22(19)25)14-16-8-12-20(13-9-16)24(2)3/h4-9,12-15,23H,10-11H2,1-3H3. The van der Waals surface area contributed by atoms with Gasteiger partial charge in [-0.05, 0) is 54.3 Å². The molecule has 3 nitrogen and oxygen atoms in total. The van der Waals surface area contributed by atoms with Crippen LogP contribution in [-0.2, 0) is 4.79 Å². The normalized spacial score (nSPS) is 17.3. The average molecular weight is 332 g/mol. The van der Waals surface area contributed by atoms with Crippen LogP contribution in [0.25, 0.3) is 12.2 Å². The third kappa shape index (κ3) is 3.82. The molecule has 0 radical (unpaired) electrons. The number of carbonyl (C=O) groups is 1. The zero-order valence-electron chi connectivity index (χ0n) is 15.0. The molecular formula is C22H24N2O. The number of nitrogens with zero attached hydrogens (tertiary/aromatic N) is 1. The smallest absolute Gasteiger partial charge is 0.185 e. The second kappa shape index (κ2) is 7.39. The molecule has 2 aromatic carbocycles. The number of ketones is 1. The Labute approximate surface area is 149 Å². The predicted molar refractivity (Wildman–Crippen MR) is 107 cm³/mol. The van der Waals surface area contributed by atoms with E-state index in [1.165, 1.54) is 0 Å². The number of allylic oxidation sites excluding steroid dienone is 2.